The van der Waals surface area contributed by atoms with Crippen molar-refractivity contribution in [3.8, 4) is 0 Å². The lowest BCUT2D eigenvalue weighted by Crippen LogP contribution is -2.33. The summed E-state index contributed by atoms with van der Waals surface area (Å²) in [7, 11) is -4.31. The fourth-order valence-corrected chi connectivity index (χ4v) is 6.87. The van der Waals surface area contributed by atoms with E-state index in [0.29, 0.717) is 28.4 Å². The third-order valence-electron chi connectivity index (χ3n) is 5.64. The van der Waals surface area contributed by atoms with Crippen LogP contribution in [-0.4, -0.2) is 63.5 Å². The van der Waals surface area contributed by atoms with Crippen LogP contribution in [0.3, 0.4) is 0 Å². The first kappa shape index (κ1) is 28.2. The smallest absolute Gasteiger partial charge is 0.257 e. The molecule has 1 heterocycles. The zero-order valence-electron chi connectivity index (χ0n) is 20.9. The Balaban J connectivity index is 1.77. The van der Waals surface area contributed by atoms with Crippen LogP contribution >= 0.6 is 11.3 Å². The average Bonchev–Trinajstić information content (AvgIpc) is 3.25. The molecule has 0 fully saturated rings. The van der Waals surface area contributed by atoms with Gasteiger partial charge >= 0.3 is 0 Å². The normalized spacial score (nSPS) is 12.5. The number of thiazole rings is 1. The van der Waals surface area contributed by atoms with E-state index in [9.17, 15) is 21.6 Å². The molecular formula is C24H32N4O5S3. The number of unbranched alkanes of at least 4 members (excludes halogenated alkanes) is 2. The number of nitrogens with zero attached hydrogens (tertiary/aromatic N) is 3. The molecule has 12 heteroatoms. The second-order valence-corrected chi connectivity index (χ2v) is 13.6. The van der Waals surface area contributed by atoms with Gasteiger partial charge in [0.2, 0.25) is 20.0 Å². The first-order chi connectivity index (χ1) is 17.0. The Hall–Kier alpha value is -2.38. The lowest BCUT2D eigenvalue weighted by atomic mass is 10.2. The van der Waals surface area contributed by atoms with E-state index in [4.69, 9.17) is 0 Å². The molecule has 1 N–H and O–H groups in total. The highest BCUT2D eigenvalue weighted by atomic mass is 32.2. The second-order valence-electron chi connectivity index (χ2n) is 8.53. The van der Waals surface area contributed by atoms with E-state index in [-0.39, 0.29) is 15.4 Å². The van der Waals surface area contributed by atoms with Crippen LogP contribution in [0.5, 0.6) is 0 Å². The van der Waals surface area contributed by atoms with Gasteiger partial charge in [-0.3, -0.25) is 10.1 Å². The Morgan fingerprint density at radius 2 is 1.47 bits per heavy atom. The molecule has 0 atom stereocenters. The van der Waals surface area contributed by atoms with E-state index in [1.807, 2.05) is 13.8 Å². The summed E-state index contributed by atoms with van der Waals surface area (Å²) in [6.45, 7) is 4.98. The van der Waals surface area contributed by atoms with Gasteiger partial charge in [-0.25, -0.2) is 26.1 Å². The zero-order valence-corrected chi connectivity index (χ0v) is 23.3. The topological polar surface area (TPSA) is 117 Å². The van der Waals surface area contributed by atoms with Gasteiger partial charge in [-0.05, 0) is 55.3 Å². The molecule has 36 heavy (non-hydrogen) atoms. The Labute approximate surface area is 217 Å². The minimum absolute atomic E-state index is 0.144. The number of hydrogen-bond donors (Lipinski definition) is 1. The van der Waals surface area contributed by atoms with Gasteiger partial charge in [0.25, 0.3) is 5.91 Å². The molecule has 3 aromatic rings. The number of benzene rings is 2. The summed E-state index contributed by atoms with van der Waals surface area (Å²) in [5.41, 5.74) is 0.853. The lowest BCUT2D eigenvalue weighted by molar-refractivity contribution is 0.102. The molecule has 0 aliphatic rings. The van der Waals surface area contributed by atoms with Crippen molar-refractivity contribution < 1.29 is 21.6 Å². The first-order valence-electron chi connectivity index (χ1n) is 11.8. The number of carbonyl (C=O) groups is 1. The molecule has 0 bridgehead atoms. The molecule has 0 aliphatic heterocycles. The molecule has 0 spiro atoms. The molecular weight excluding hydrogens is 520 g/mol. The number of rotatable bonds is 12. The van der Waals surface area contributed by atoms with Gasteiger partial charge in [-0.1, -0.05) is 38.0 Å². The molecule has 1 amide bonds. The molecule has 9 nitrogen and oxygen atoms in total. The van der Waals surface area contributed by atoms with Gasteiger partial charge in [-0.2, -0.15) is 4.31 Å². The molecule has 0 radical (unpaired) electrons. The molecule has 2 aromatic carbocycles. The minimum atomic E-state index is -3.65. The third kappa shape index (κ3) is 6.30. The molecule has 3 rings (SSSR count). The van der Waals surface area contributed by atoms with Crippen molar-refractivity contribution in [3.05, 3.63) is 48.0 Å². The largest absolute Gasteiger partial charge is 0.298 e. The van der Waals surface area contributed by atoms with Crippen LogP contribution in [0, 0.1) is 0 Å². The van der Waals surface area contributed by atoms with Crippen molar-refractivity contribution in [2.45, 2.75) is 49.3 Å². The Kier molecular flexibility index (Phi) is 9.23. The predicted molar refractivity (Wildman–Crippen MR) is 143 cm³/mol. The van der Waals surface area contributed by atoms with Crippen molar-refractivity contribution in [3.63, 3.8) is 0 Å². The van der Waals surface area contributed by atoms with Crippen LogP contribution in [0.1, 0.15) is 49.9 Å². The Morgan fingerprint density at radius 3 is 2.03 bits per heavy atom. The van der Waals surface area contributed by atoms with Crippen LogP contribution in [0.2, 0.25) is 0 Å². The fraction of sp³-hybridized carbons (Fsp3) is 0.417. The van der Waals surface area contributed by atoms with Crippen molar-refractivity contribution in [1.82, 2.24) is 13.6 Å². The van der Waals surface area contributed by atoms with Crippen LogP contribution in [-0.2, 0) is 20.0 Å². The van der Waals surface area contributed by atoms with E-state index in [0.717, 1.165) is 41.3 Å². The van der Waals surface area contributed by atoms with Crippen molar-refractivity contribution >= 4 is 52.6 Å². The summed E-state index contributed by atoms with van der Waals surface area (Å²) in [4.78, 5) is 17.4. The summed E-state index contributed by atoms with van der Waals surface area (Å²) < 4.78 is 54.3. The van der Waals surface area contributed by atoms with Gasteiger partial charge in [0.1, 0.15) is 0 Å². The van der Waals surface area contributed by atoms with E-state index >= 15 is 0 Å². The van der Waals surface area contributed by atoms with Gasteiger partial charge in [-0.15, -0.1) is 0 Å². The number of fused-ring (bicyclic) bond motifs is 1. The minimum Gasteiger partial charge on any atom is -0.298 e. The number of nitrogens with one attached hydrogen (secondary N) is 1. The van der Waals surface area contributed by atoms with Crippen molar-refractivity contribution in [1.29, 1.82) is 0 Å². The van der Waals surface area contributed by atoms with E-state index in [1.165, 1.54) is 54.8 Å². The maximum atomic E-state index is 13.1. The Morgan fingerprint density at radius 1 is 0.889 bits per heavy atom. The fourth-order valence-electron chi connectivity index (χ4n) is 3.45. The standard InChI is InChI=1S/C24H32N4O5S3/c1-5-7-15-28(16-8-6-2)36(32,33)19-11-9-18(10-12-19)23(29)26-24-25-21-14-13-20(17-22(21)34-24)35(30,31)27(3)4/h9-14,17H,5-8,15-16H2,1-4H3,(H,25,26,29). The third-order valence-corrected chi connectivity index (χ3v) is 10.3. The predicted octanol–water partition coefficient (Wildman–Crippen LogP) is 4.39. The van der Waals surface area contributed by atoms with Gasteiger partial charge in [0.05, 0.1) is 20.0 Å². The highest BCUT2D eigenvalue weighted by Crippen LogP contribution is 2.29. The SMILES string of the molecule is CCCCN(CCCC)S(=O)(=O)c1ccc(C(=O)Nc2nc3ccc(S(=O)(=O)N(C)C)cc3s2)cc1. The van der Waals surface area contributed by atoms with E-state index in [2.05, 4.69) is 10.3 Å². The maximum absolute atomic E-state index is 13.1. The number of carbonyl (C=O) groups excluding carboxylic acids is 1. The highest BCUT2D eigenvalue weighted by molar-refractivity contribution is 7.89. The number of hydrogen-bond acceptors (Lipinski definition) is 7. The summed E-state index contributed by atoms with van der Waals surface area (Å²) in [5.74, 6) is -0.437. The van der Waals surface area contributed by atoms with Gasteiger partial charge in [0.15, 0.2) is 5.13 Å². The van der Waals surface area contributed by atoms with Crippen LogP contribution < -0.4 is 5.32 Å². The first-order valence-corrected chi connectivity index (χ1v) is 15.4. The highest BCUT2D eigenvalue weighted by Gasteiger charge is 2.24. The molecule has 0 saturated carbocycles. The van der Waals surface area contributed by atoms with Crippen LogP contribution in [0.4, 0.5) is 5.13 Å². The van der Waals surface area contributed by atoms with Gasteiger partial charge in [0, 0.05) is 32.7 Å². The summed E-state index contributed by atoms with van der Waals surface area (Å²) >= 11 is 1.16. The van der Waals surface area contributed by atoms with Gasteiger partial charge < -0.3 is 0 Å². The lowest BCUT2D eigenvalue weighted by Gasteiger charge is -2.22. The average molecular weight is 553 g/mol. The van der Waals surface area contributed by atoms with Crippen LogP contribution in [0.15, 0.2) is 52.3 Å². The van der Waals surface area contributed by atoms with Crippen LogP contribution in [0.25, 0.3) is 10.2 Å². The molecule has 0 aliphatic carbocycles. The molecule has 0 unspecified atom stereocenters. The molecule has 196 valence electrons. The maximum Gasteiger partial charge on any atom is 0.257 e. The Bertz CT molecular complexity index is 1410. The number of aromatic nitrogens is 1. The van der Waals surface area contributed by atoms with E-state index < -0.39 is 26.0 Å². The quantitative estimate of drug-likeness (QED) is 0.356. The van der Waals surface area contributed by atoms with Crippen molar-refractivity contribution in [2.24, 2.45) is 0 Å². The summed E-state index contributed by atoms with van der Waals surface area (Å²) in [6.07, 6.45) is 3.37. The number of sulfonamides is 2. The zero-order chi connectivity index (χ0) is 26.5. The monoisotopic (exact) mass is 552 g/mol. The summed E-state index contributed by atoms with van der Waals surface area (Å²) in [6, 6.07) is 10.5. The molecule has 1 aromatic heterocycles. The molecule has 0 saturated heterocycles. The second kappa shape index (κ2) is 11.8. The van der Waals surface area contributed by atoms with Crippen molar-refractivity contribution in [2.75, 3.05) is 32.5 Å². The summed E-state index contributed by atoms with van der Waals surface area (Å²) in [5, 5.41) is 3.03. The number of amides is 1. The number of anilines is 1. The van der Waals surface area contributed by atoms with E-state index in [1.54, 1.807) is 6.07 Å².